The Kier molecular flexibility index (Phi) is 4.66. The molecule has 1 atom stereocenters. The van der Waals surface area contributed by atoms with E-state index in [-0.39, 0.29) is 17.0 Å². The van der Waals surface area contributed by atoms with Gasteiger partial charge in [-0.05, 0) is 46.2 Å². The molecular weight excluding hydrogens is 271 g/mol. The van der Waals surface area contributed by atoms with Crippen LogP contribution in [0.4, 0.5) is 4.39 Å². The van der Waals surface area contributed by atoms with E-state index in [9.17, 15) is 9.50 Å². The Balaban J connectivity index is 1.91. The lowest BCUT2D eigenvalue weighted by molar-refractivity contribution is -0.181. The van der Waals surface area contributed by atoms with E-state index in [0.29, 0.717) is 12.1 Å². The third kappa shape index (κ3) is 4.73. The Hall–Kier alpha value is -1.04. The lowest BCUT2D eigenvalue weighted by Crippen LogP contribution is -2.57. The number of aliphatic hydroxyl groups excluding tert-OH is 1. The number of nitrogens with zero attached hydrogens (tertiary/aromatic N) is 2. The van der Waals surface area contributed by atoms with Crippen molar-refractivity contribution >= 4 is 0 Å². The summed E-state index contributed by atoms with van der Waals surface area (Å²) >= 11 is 0. The van der Waals surface area contributed by atoms with Gasteiger partial charge < -0.3 is 9.84 Å². The Bertz CT molecular complexity index is 458. The minimum atomic E-state index is -0.667. The molecule has 0 spiro atoms. The van der Waals surface area contributed by atoms with Crippen molar-refractivity contribution in [2.24, 2.45) is 0 Å². The average molecular weight is 296 g/mol. The van der Waals surface area contributed by atoms with Crippen molar-refractivity contribution in [2.75, 3.05) is 19.6 Å². The van der Waals surface area contributed by atoms with Crippen LogP contribution in [-0.2, 0) is 4.74 Å². The fraction of sp³-hybridized carbons (Fsp3) is 0.688. The van der Waals surface area contributed by atoms with Gasteiger partial charge in [-0.2, -0.15) is 0 Å². The van der Waals surface area contributed by atoms with Crippen molar-refractivity contribution in [3.05, 3.63) is 29.8 Å². The van der Waals surface area contributed by atoms with E-state index in [1.54, 1.807) is 0 Å². The predicted molar refractivity (Wildman–Crippen MR) is 79.5 cm³/mol. The molecule has 0 saturated carbocycles. The van der Waals surface area contributed by atoms with Gasteiger partial charge in [-0.3, -0.25) is 9.88 Å². The molecule has 1 aromatic rings. The van der Waals surface area contributed by atoms with Crippen LogP contribution in [0.1, 0.15) is 45.9 Å². The number of hydrogen-bond donors (Lipinski definition) is 1. The molecule has 4 nitrogen and oxygen atoms in total. The molecule has 21 heavy (non-hydrogen) atoms. The fourth-order valence-electron chi connectivity index (χ4n) is 3.14. The molecule has 0 bridgehead atoms. The van der Waals surface area contributed by atoms with Crippen LogP contribution in [-0.4, -0.2) is 45.8 Å². The molecule has 1 fully saturated rings. The first-order chi connectivity index (χ1) is 9.67. The van der Waals surface area contributed by atoms with Crippen LogP contribution in [0.3, 0.4) is 0 Å². The van der Waals surface area contributed by atoms with Gasteiger partial charge in [0.1, 0.15) is 5.82 Å². The number of aliphatic hydroxyl groups is 1. The number of rotatable bonds is 4. The van der Waals surface area contributed by atoms with E-state index in [1.165, 1.54) is 12.1 Å². The van der Waals surface area contributed by atoms with Crippen LogP contribution in [0.15, 0.2) is 18.3 Å². The first kappa shape index (κ1) is 16.3. The largest absolute Gasteiger partial charge is 0.387 e. The number of pyridine rings is 1. The Morgan fingerprint density at radius 1 is 1.29 bits per heavy atom. The lowest BCUT2D eigenvalue weighted by Gasteiger charge is -2.47. The summed E-state index contributed by atoms with van der Waals surface area (Å²) in [7, 11) is 0. The predicted octanol–water partition coefficient (Wildman–Crippen LogP) is 2.53. The quantitative estimate of drug-likeness (QED) is 0.927. The van der Waals surface area contributed by atoms with Crippen LogP contribution in [0, 0.1) is 5.82 Å². The zero-order chi connectivity index (χ0) is 15.7. The summed E-state index contributed by atoms with van der Waals surface area (Å²) in [5.41, 5.74) is 0.130. The first-order valence-electron chi connectivity index (χ1n) is 7.39. The molecule has 0 aliphatic carbocycles. The van der Waals surface area contributed by atoms with Crippen LogP contribution in [0.25, 0.3) is 0 Å². The van der Waals surface area contributed by atoms with Crippen molar-refractivity contribution < 1.29 is 14.2 Å². The Labute approximate surface area is 125 Å². The van der Waals surface area contributed by atoms with Gasteiger partial charge in [0.05, 0.1) is 29.2 Å². The summed E-state index contributed by atoms with van der Waals surface area (Å²) in [6, 6.07) is 2.86. The first-order valence-corrected chi connectivity index (χ1v) is 7.39. The van der Waals surface area contributed by atoms with Crippen LogP contribution < -0.4 is 0 Å². The number of hydrogen-bond acceptors (Lipinski definition) is 4. The highest BCUT2D eigenvalue weighted by atomic mass is 19.1. The van der Waals surface area contributed by atoms with Gasteiger partial charge in [0.15, 0.2) is 0 Å². The molecule has 1 aliphatic rings. The van der Waals surface area contributed by atoms with E-state index in [1.807, 2.05) is 0 Å². The van der Waals surface area contributed by atoms with Crippen LogP contribution in [0.5, 0.6) is 0 Å². The maximum atomic E-state index is 12.8. The maximum absolute atomic E-state index is 12.8. The van der Waals surface area contributed by atoms with E-state index in [2.05, 4.69) is 37.6 Å². The highest BCUT2D eigenvalue weighted by molar-refractivity contribution is 5.08. The lowest BCUT2D eigenvalue weighted by atomic mass is 9.98. The van der Waals surface area contributed by atoms with Gasteiger partial charge in [-0.1, -0.05) is 0 Å². The van der Waals surface area contributed by atoms with Crippen molar-refractivity contribution in [3.63, 3.8) is 0 Å². The molecule has 0 aromatic carbocycles. The number of halogens is 1. The van der Waals surface area contributed by atoms with Gasteiger partial charge in [0.25, 0.3) is 0 Å². The van der Waals surface area contributed by atoms with Gasteiger partial charge in [-0.25, -0.2) is 4.39 Å². The zero-order valence-corrected chi connectivity index (χ0v) is 13.3. The number of ether oxygens (including phenoxy) is 1. The number of morpholine rings is 1. The maximum Gasteiger partial charge on any atom is 0.141 e. The third-order valence-corrected chi connectivity index (χ3v) is 3.57. The van der Waals surface area contributed by atoms with Crippen molar-refractivity contribution in [3.8, 4) is 0 Å². The highest BCUT2D eigenvalue weighted by Crippen LogP contribution is 2.28. The summed E-state index contributed by atoms with van der Waals surface area (Å²) in [6.45, 7) is 10.8. The molecule has 1 aromatic heterocycles. The summed E-state index contributed by atoms with van der Waals surface area (Å²) in [5.74, 6) is -0.386. The molecule has 1 aliphatic heterocycles. The smallest absolute Gasteiger partial charge is 0.141 e. The molecule has 5 heteroatoms. The van der Waals surface area contributed by atoms with Crippen LogP contribution in [0.2, 0.25) is 0 Å². The summed E-state index contributed by atoms with van der Waals surface area (Å²) in [5, 5.41) is 10.2. The van der Waals surface area contributed by atoms with E-state index < -0.39 is 6.10 Å². The molecule has 0 amide bonds. The fourth-order valence-corrected chi connectivity index (χ4v) is 3.14. The Morgan fingerprint density at radius 2 is 1.90 bits per heavy atom. The van der Waals surface area contributed by atoms with Gasteiger partial charge >= 0.3 is 0 Å². The van der Waals surface area contributed by atoms with Gasteiger partial charge in [-0.15, -0.1) is 0 Å². The molecule has 118 valence electrons. The summed E-state index contributed by atoms with van der Waals surface area (Å²) < 4.78 is 18.9. The highest BCUT2D eigenvalue weighted by Gasteiger charge is 2.37. The molecule has 2 heterocycles. The van der Waals surface area contributed by atoms with E-state index in [0.717, 1.165) is 25.8 Å². The van der Waals surface area contributed by atoms with Gasteiger partial charge in [0, 0.05) is 19.6 Å². The number of aromatic nitrogens is 1. The third-order valence-electron chi connectivity index (χ3n) is 3.57. The second kappa shape index (κ2) is 5.99. The molecule has 1 saturated heterocycles. The molecule has 1 N–H and O–H groups in total. The average Bonchev–Trinajstić information content (AvgIpc) is 2.33. The van der Waals surface area contributed by atoms with E-state index in [4.69, 9.17) is 4.74 Å². The van der Waals surface area contributed by atoms with Crippen LogP contribution >= 0.6 is 0 Å². The SMILES string of the molecule is CC1(C)CN(CCC(O)c2ccc(F)cn2)CC(C)(C)O1. The Morgan fingerprint density at radius 3 is 2.43 bits per heavy atom. The van der Waals surface area contributed by atoms with E-state index >= 15 is 0 Å². The second-order valence-corrected chi connectivity index (χ2v) is 7.04. The topological polar surface area (TPSA) is 45.6 Å². The minimum absolute atomic E-state index is 0.194. The van der Waals surface area contributed by atoms with Crippen molar-refractivity contribution in [2.45, 2.75) is 51.4 Å². The standard InChI is InChI=1S/C16H25FN2O2/c1-15(2)10-19(11-16(3,4)21-15)8-7-14(20)13-6-5-12(17)9-18-13/h5-6,9,14,20H,7-8,10-11H2,1-4H3. The van der Waals surface area contributed by atoms with Crippen molar-refractivity contribution in [1.29, 1.82) is 0 Å². The normalized spacial score (nSPS) is 23.0. The monoisotopic (exact) mass is 296 g/mol. The molecular formula is C16H25FN2O2. The molecule has 1 unspecified atom stereocenters. The summed E-state index contributed by atoms with van der Waals surface area (Å²) in [4.78, 5) is 6.23. The molecule has 0 radical (unpaired) electrons. The van der Waals surface area contributed by atoms with Crippen molar-refractivity contribution in [1.82, 2.24) is 9.88 Å². The minimum Gasteiger partial charge on any atom is -0.387 e. The zero-order valence-electron chi connectivity index (χ0n) is 13.3. The molecule has 2 rings (SSSR count). The summed E-state index contributed by atoms with van der Waals surface area (Å²) in [6.07, 6.45) is 1.05. The van der Waals surface area contributed by atoms with Gasteiger partial charge in [0.2, 0.25) is 0 Å². The second-order valence-electron chi connectivity index (χ2n) is 7.04.